The molecular formula is C31H36ClF6N3O2. The lowest BCUT2D eigenvalue weighted by atomic mass is 9.95. The van der Waals surface area contributed by atoms with Gasteiger partial charge in [0.25, 0.3) is 11.1 Å². The number of aliphatic imine (C=N–C) groups is 1. The fraction of sp³-hybridized carbons (Fsp3) is 0.387. The summed E-state index contributed by atoms with van der Waals surface area (Å²) in [6, 6.07) is 4.45. The van der Waals surface area contributed by atoms with E-state index in [0.29, 0.717) is 24.0 Å². The number of guanidine groups is 1. The Kier molecular flexibility index (Phi) is 14.7. The van der Waals surface area contributed by atoms with Gasteiger partial charge in [0.15, 0.2) is 5.96 Å². The largest absolute Gasteiger partial charge is 0.416 e. The summed E-state index contributed by atoms with van der Waals surface area (Å²) in [5, 5.41) is -0.870. The lowest BCUT2D eigenvalue weighted by Gasteiger charge is -2.15. The Hall–Kier alpha value is -3.60. The predicted octanol–water partition coefficient (Wildman–Crippen LogP) is 8.62. The van der Waals surface area contributed by atoms with Crippen molar-refractivity contribution < 1.29 is 35.9 Å². The van der Waals surface area contributed by atoms with Crippen LogP contribution in [0.4, 0.5) is 26.3 Å². The van der Waals surface area contributed by atoms with Crippen molar-refractivity contribution in [2.45, 2.75) is 78.6 Å². The maximum absolute atomic E-state index is 13.2. The number of rotatable bonds is 10. The number of benzene rings is 2. The van der Waals surface area contributed by atoms with Crippen molar-refractivity contribution in [3.63, 3.8) is 0 Å². The van der Waals surface area contributed by atoms with Crippen LogP contribution in [-0.2, 0) is 25.2 Å². The molecule has 0 radical (unpaired) electrons. The molecule has 0 aliphatic rings. The second kappa shape index (κ2) is 16.9. The van der Waals surface area contributed by atoms with E-state index in [-0.39, 0.29) is 35.1 Å². The van der Waals surface area contributed by atoms with Gasteiger partial charge in [0.05, 0.1) is 11.1 Å². The van der Waals surface area contributed by atoms with Crippen LogP contribution in [0.5, 0.6) is 0 Å². The van der Waals surface area contributed by atoms with E-state index in [2.05, 4.69) is 4.99 Å². The molecule has 0 saturated heterocycles. The third-order valence-corrected chi connectivity index (χ3v) is 6.35. The average molecular weight is 632 g/mol. The molecule has 0 spiro atoms. The minimum Gasteiger partial charge on any atom is -0.370 e. The first kappa shape index (κ1) is 37.4. The predicted molar refractivity (Wildman–Crippen MR) is 158 cm³/mol. The van der Waals surface area contributed by atoms with Crippen LogP contribution in [0.3, 0.4) is 0 Å². The highest BCUT2D eigenvalue weighted by Crippen LogP contribution is 2.36. The topological polar surface area (TPSA) is 98.5 Å². The van der Waals surface area contributed by atoms with Gasteiger partial charge in [0, 0.05) is 11.1 Å². The highest BCUT2D eigenvalue weighted by Gasteiger charge is 2.35. The van der Waals surface area contributed by atoms with E-state index < -0.39 is 40.6 Å². The molecule has 0 unspecified atom stereocenters. The van der Waals surface area contributed by atoms with Gasteiger partial charge in [-0.05, 0) is 98.4 Å². The molecule has 12 heteroatoms. The lowest BCUT2D eigenvalue weighted by Crippen LogP contribution is -2.24. The van der Waals surface area contributed by atoms with Gasteiger partial charge in [-0.3, -0.25) is 9.59 Å². The van der Waals surface area contributed by atoms with Crippen LogP contribution in [-0.4, -0.2) is 17.1 Å². The molecule has 0 aromatic heterocycles. The molecule has 0 bridgehead atoms. The van der Waals surface area contributed by atoms with Crippen molar-refractivity contribution in [1.29, 1.82) is 0 Å². The number of hydrogen-bond acceptors (Lipinski definition) is 2. The molecule has 43 heavy (non-hydrogen) atoms. The van der Waals surface area contributed by atoms with Crippen molar-refractivity contribution in [3.05, 3.63) is 93.1 Å². The van der Waals surface area contributed by atoms with E-state index in [1.54, 1.807) is 13.8 Å². The van der Waals surface area contributed by atoms with Crippen molar-refractivity contribution in [1.82, 2.24) is 0 Å². The average Bonchev–Trinajstić information content (AvgIpc) is 2.87. The number of carbonyl (C=O) groups is 2. The second-order valence-corrected chi connectivity index (χ2v) is 9.94. The van der Waals surface area contributed by atoms with Crippen molar-refractivity contribution >= 4 is 28.7 Å². The number of allylic oxidation sites excluding steroid dienone is 4. The Morgan fingerprint density at radius 3 is 1.49 bits per heavy atom. The maximum Gasteiger partial charge on any atom is 0.416 e. The third-order valence-electron chi connectivity index (χ3n) is 6.15. The summed E-state index contributed by atoms with van der Waals surface area (Å²) in [6.45, 7) is 7.05. The van der Waals surface area contributed by atoms with Crippen molar-refractivity contribution in [2.75, 3.05) is 0 Å². The summed E-state index contributed by atoms with van der Waals surface area (Å²) in [5.74, 6) is -1.37. The van der Waals surface area contributed by atoms with Gasteiger partial charge in [-0.25, -0.2) is 0 Å². The quantitative estimate of drug-likeness (QED) is 0.0902. The first-order valence-electron chi connectivity index (χ1n) is 13.5. The van der Waals surface area contributed by atoms with E-state index in [0.717, 1.165) is 25.0 Å². The zero-order valence-corrected chi connectivity index (χ0v) is 25.2. The maximum atomic E-state index is 13.2. The highest BCUT2D eigenvalue weighted by atomic mass is 35.5. The summed E-state index contributed by atoms with van der Waals surface area (Å²) < 4.78 is 78.8. The molecule has 5 nitrogen and oxygen atoms in total. The van der Waals surface area contributed by atoms with E-state index in [1.807, 2.05) is 38.2 Å². The SMILES string of the molecule is CCC=CCCc1cc(C)c(C(=O)Cl)cc1C(F)(F)F.CCC=CCCc1cc(C)c(C(=O)N=C(N)N)cc1C(F)(F)F. The molecule has 0 saturated carbocycles. The van der Waals surface area contributed by atoms with E-state index in [9.17, 15) is 35.9 Å². The molecule has 2 aromatic carbocycles. The number of nitrogens with two attached hydrogens (primary N) is 2. The summed E-state index contributed by atoms with van der Waals surface area (Å²) in [4.78, 5) is 26.3. The Balaban J connectivity index is 0.000000434. The Labute approximate surface area is 252 Å². The summed E-state index contributed by atoms with van der Waals surface area (Å²) in [7, 11) is 0. The molecule has 4 N–H and O–H groups in total. The van der Waals surface area contributed by atoms with Gasteiger partial charge in [-0.15, -0.1) is 0 Å². The number of carbonyl (C=O) groups excluding carboxylic acids is 2. The molecule has 236 valence electrons. The molecule has 0 fully saturated rings. The van der Waals surface area contributed by atoms with Crippen molar-refractivity contribution in [2.24, 2.45) is 16.5 Å². The summed E-state index contributed by atoms with van der Waals surface area (Å²) >= 11 is 5.31. The van der Waals surface area contributed by atoms with Crippen LogP contribution in [0, 0.1) is 13.8 Å². The van der Waals surface area contributed by atoms with E-state index in [1.165, 1.54) is 12.1 Å². The first-order chi connectivity index (χ1) is 19.9. The smallest absolute Gasteiger partial charge is 0.370 e. The summed E-state index contributed by atoms with van der Waals surface area (Å²) in [5.41, 5.74) is 9.57. The number of amides is 1. The van der Waals surface area contributed by atoms with Gasteiger partial charge in [0.2, 0.25) is 0 Å². The highest BCUT2D eigenvalue weighted by molar-refractivity contribution is 6.67. The Bertz CT molecular complexity index is 1360. The molecule has 2 aromatic rings. The number of aryl methyl sites for hydroxylation is 4. The van der Waals surface area contributed by atoms with Gasteiger partial charge in [0.1, 0.15) is 0 Å². The third kappa shape index (κ3) is 12.3. The van der Waals surface area contributed by atoms with Crippen LogP contribution in [0.2, 0.25) is 0 Å². The normalized spacial score (nSPS) is 11.9. The van der Waals surface area contributed by atoms with E-state index >= 15 is 0 Å². The Morgan fingerprint density at radius 1 is 0.744 bits per heavy atom. The van der Waals surface area contributed by atoms with Gasteiger partial charge in [-0.1, -0.05) is 50.3 Å². The number of hydrogen-bond donors (Lipinski definition) is 2. The number of halogens is 7. The zero-order chi connectivity index (χ0) is 33.0. The minimum atomic E-state index is -4.55. The van der Waals surface area contributed by atoms with Crippen LogP contribution in [0.15, 0.2) is 53.6 Å². The monoisotopic (exact) mass is 631 g/mol. The molecule has 0 aliphatic heterocycles. The van der Waals surface area contributed by atoms with Gasteiger partial charge in [-0.2, -0.15) is 31.3 Å². The fourth-order valence-electron chi connectivity index (χ4n) is 4.14. The summed E-state index contributed by atoms with van der Waals surface area (Å²) in [6.07, 6.45) is 1.70. The van der Waals surface area contributed by atoms with Crippen molar-refractivity contribution in [3.8, 4) is 0 Å². The zero-order valence-electron chi connectivity index (χ0n) is 24.4. The number of nitrogens with zero attached hydrogens (tertiary/aromatic N) is 1. The minimum absolute atomic E-state index is 0.0909. The van der Waals surface area contributed by atoms with Gasteiger partial charge < -0.3 is 11.5 Å². The molecule has 1 amide bonds. The van der Waals surface area contributed by atoms with Crippen LogP contribution >= 0.6 is 11.6 Å². The second-order valence-electron chi connectivity index (χ2n) is 9.60. The van der Waals surface area contributed by atoms with Crippen LogP contribution in [0.25, 0.3) is 0 Å². The van der Waals surface area contributed by atoms with Crippen LogP contribution < -0.4 is 11.5 Å². The van der Waals surface area contributed by atoms with Crippen LogP contribution in [0.1, 0.15) is 93.6 Å². The molecule has 2 rings (SSSR count). The first-order valence-corrected chi connectivity index (χ1v) is 13.9. The van der Waals surface area contributed by atoms with E-state index in [4.69, 9.17) is 23.1 Å². The Morgan fingerprint density at radius 2 is 1.14 bits per heavy atom. The molecule has 0 aliphatic carbocycles. The standard InChI is InChI=1S/C16H20F3N3O.C15H16ClF3O/c1-3-4-5-6-7-11-8-10(2)12(14(23)22-15(20)21)9-13(11)16(17,18)19;1-3-4-5-6-7-11-8-10(2)12(14(16)20)9-13(11)15(17,18)19/h4-5,8-9H,3,6-7H2,1-2H3,(H4,20,21,22,23);4-5,8-9H,3,6-7H2,1-2H3. The number of alkyl halides is 6. The van der Waals surface area contributed by atoms with Gasteiger partial charge >= 0.3 is 12.4 Å². The lowest BCUT2D eigenvalue weighted by molar-refractivity contribution is -0.139. The molecule has 0 atom stereocenters. The molecule has 0 heterocycles. The fourth-order valence-corrected chi connectivity index (χ4v) is 4.35. The molecular weight excluding hydrogens is 596 g/mol.